The molecule has 0 aliphatic carbocycles. The summed E-state index contributed by atoms with van der Waals surface area (Å²) in [5, 5.41) is 10.4. The van der Waals surface area contributed by atoms with Crippen LogP contribution in [0.5, 0.6) is 17.2 Å². The van der Waals surface area contributed by atoms with E-state index in [9.17, 15) is 9.90 Å². The van der Waals surface area contributed by atoms with Crippen molar-refractivity contribution >= 4 is 16.9 Å². The van der Waals surface area contributed by atoms with Gasteiger partial charge in [-0.1, -0.05) is 42.5 Å². The van der Waals surface area contributed by atoms with Crippen molar-refractivity contribution in [3.05, 3.63) is 90.1 Å². The molecular weight excluding hydrogens is 366 g/mol. The minimum atomic E-state index is -0.942. The molecule has 0 fully saturated rings. The maximum Gasteiger partial charge on any atom is 0.352 e. The lowest BCUT2D eigenvalue weighted by molar-refractivity contribution is 0.0690. The number of nitrogens with one attached hydrogen (secondary N) is 1. The summed E-state index contributed by atoms with van der Waals surface area (Å²) >= 11 is 0. The zero-order chi connectivity index (χ0) is 20.1. The highest BCUT2D eigenvalue weighted by Crippen LogP contribution is 2.26. The molecule has 29 heavy (non-hydrogen) atoms. The summed E-state index contributed by atoms with van der Waals surface area (Å²) in [6, 6.07) is 24.7. The quantitative estimate of drug-likeness (QED) is 0.382. The van der Waals surface area contributed by atoms with Crippen molar-refractivity contribution in [1.29, 1.82) is 0 Å². The van der Waals surface area contributed by atoms with Crippen LogP contribution in [0.4, 0.5) is 0 Å². The molecule has 0 bridgehead atoms. The number of para-hydroxylation sites is 2. The second-order valence-corrected chi connectivity index (χ2v) is 6.67. The van der Waals surface area contributed by atoms with E-state index in [1.54, 1.807) is 0 Å². The third-order valence-electron chi connectivity index (χ3n) is 4.65. The highest BCUT2D eigenvalue weighted by Gasteiger charge is 2.16. The third-order valence-corrected chi connectivity index (χ3v) is 4.65. The molecule has 5 heteroatoms. The number of benzene rings is 3. The van der Waals surface area contributed by atoms with Gasteiger partial charge in [0.2, 0.25) is 0 Å². The zero-order valence-corrected chi connectivity index (χ0v) is 15.8. The number of aromatic nitrogens is 1. The zero-order valence-electron chi connectivity index (χ0n) is 15.8. The Hall–Kier alpha value is -3.73. The lowest BCUT2D eigenvalue weighted by Crippen LogP contribution is -2.04. The summed E-state index contributed by atoms with van der Waals surface area (Å²) < 4.78 is 11.7. The number of H-pyrrole nitrogens is 1. The third kappa shape index (κ3) is 4.41. The Morgan fingerprint density at radius 2 is 1.59 bits per heavy atom. The molecule has 1 aromatic heterocycles. The number of carboxylic acids is 1. The highest BCUT2D eigenvalue weighted by molar-refractivity contribution is 5.97. The predicted octanol–water partition coefficient (Wildman–Crippen LogP) is 5.67. The van der Waals surface area contributed by atoms with E-state index < -0.39 is 5.97 Å². The Morgan fingerprint density at radius 3 is 2.41 bits per heavy atom. The topological polar surface area (TPSA) is 71.5 Å². The lowest BCUT2D eigenvalue weighted by atomic mass is 10.1. The number of hydrogen-bond donors (Lipinski definition) is 2. The monoisotopic (exact) mass is 387 g/mol. The predicted molar refractivity (Wildman–Crippen MR) is 112 cm³/mol. The molecule has 0 unspecified atom stereocenters. The van der Waals surface area contributed by atoms with Crippen LogP contribution in [0.3, 0.4) is 0 Å². The number of aromatic amines is 1. The van der Waals surface area contributed by atoms with Crippen molar-refractivity contribution in [3.8, 4) is 17.2 Å². The fourth-order valence-electron chi connectivity index (χ4n) is 3.33. The van der Waals surface area contributed by atoms with E-state index in [1.807, 2.05) is 78.9 Å². The van der Waals surface area contributed by atoms with E-state index in [0.29, 0.717) is 25.2 Å². The minimum Gasteiger partial charge on any atom is -0.493 e. The molecule has 2 N–H and O–H groups in total. The van der Waals surface area contributed by atoms with Gasteiger partial charge < -0.3 is 19.6 Å². The van der Waals surface area contributed by atoms with Crippen molar-refractivity contribution in [1.82, 2.24) is 4.98 Å². The lowest BCUT2D eigenvalue weighted by Gasteiger charge is -2.09. The standard InChI is InChI=1S/C24H21NO4/c26-24(27)23-21(20-12-4-5-14-22(20)25-23)13-7-15-28-18-10-6-11-19(16-18)29-17-8-2-1-3-9-17/h1-6,8-12,14,16,25H,7,13,15H2,(H,26,27). The highest BCUT2D eigenvalue weighted by atomic mass is 16.5. The number of rotatable bonds is 8. The van der Waals surface area contributed by atoms with Crippen LogP contribution in [0.2, 0.25) is 0 Å². The molecule has 0 amide bonds. The average Bonchev–Trinajstić information content (AvgIpc) is 3.11. The Bertz CT molecular complexity index is 1120. The number of aryl methyl sites for hydroxylation is 1. The maximum atomic E-state index is 11.6. The number of fused-ring (bicyclic) bond motifs is 1. The minimum absolute atomic E-state index is 0.254. The molecule has 0 aliphatic rings. The van der Waals surface area contributed by atoms with Crippen LogP contribution in [0.15, 0.2) is 78.9 Å². The first-order valence-corrected chi connectivity index (χ1v) is 9.49. The van der Waals surface area contributed by atoms with Crippen molar-refractivity contribution < 1.29 is 19.4 Å². The first kappa shape index (κ1) is 18.6. The first-order valence-electron chi connectivity index (χ1n) is 9.49. The first-order chi connectivity index (χ1) is 14.2. The van der Waals surface area contributed by atoms with Crippen LogP contribution >= 0.6 is 0 Å². The van der Waals surface area contributed by atoms with Crippen LogP contribution in [-0.2, 0) is 6.42 Å². The van der Waals surface area contributed by atoms with Gasteiger partial charge in [-0.15, -0.1) is 0 Å². The normalized spacial score (nSPS) is 10.8. The Balaban J connectivity index is 1.38. The summed E-state index contributed by atoms with van der Waals surface area (Å²) in [7, 11) is 0. The average molecular weight is 387 g/mol. The van der Waals surface area contributed by atoms with Crippen molar-refractivity contribution in [3.63, 3.8) is 0 Å². The maximum absolute atomic E-state index is 11.6. The molecule has 0 saturated carbocycles. The second kappa shape index (κ2) is 8.52. The smallest absolute Gasteiger partial charge is 0.352 e. The van der Waals surface area contributed by atoms with Gasteiger partial charge in [-0.2, -0.15) is 0 Å². The van der Waals surface area contributed by atoms with Crippen LogP contribution in [0.1, 0.15) is 22.5 Å². The number of hydrogen-bond acceptors (Lipinski definition) is 3. The van der Waals surface area contributed by atoms with Crippen LogP contribution in [0.25, 0.3) is 10.9 Å². The van der Waals surface area contributed by atoms with E-state index in [0.717, 1.165) is 28.0 Å². The summed E-state index contributed by atoms with van der Waals surface area (Å²) in [5.41, 5.74) is 1.91. The molecule has 146 valence electrons. The summed E-state index contributed by atoms with van der Waals surface area (Å²) in [6.07, 6.45) is 1.32. The summed E-state index contributed by atoms with van der Waals surface area (Å²) in [4.78, 5) is 14.6. The van der Waals surface area contributed by atoms with Gasteiger partial charge in [0.25, 0.3) is 0 Å². The van der Waals surface area contributed by atoms with Crippen LogP contribution in [-0.4, -0.2) is 22.7 Å². The van der Waals surface area contributed by atoms with Gasteiger partial charge in [-0.3, -0.25) is 0 Å². The molecule has 0 radical (unpaired) electrons. The van der Waals surface area contributed by atoms with Crippen LogP contribution in [0, 0.1) is 0 Å². The van der Waals surface area contributed by atoms with Crippen molar-refractivity contribution in [2.24, 2.45) is 0 Å². The molecular formula is C24H21NO4. The Morgan fingerprint density at radius 1 is 0.862 bits per heavy atom. The van der Waals surface area contributed by atoms with Crippen molar-refractivity contribution in [2.45, 2.75) is 12.8 Å². The van der Waals surface area contributed by atoms with Crippen molar-refractivity contribution in [2.75, 3.05) is 6.61 Å². The second-order valence-electron chi connectivity index (χ2n) is 6.67. The largest absolute Gasteiger partial charge is 0.493 e. The van der Waals surface area contributed by atoms with Gasteiger partial charge in [-0.05, 0) is 48.7 Å². The molecule has 0 atom stereocenters. The van der Waals surface area contributed by atoms with E-state index >= 15 is 0 Å². The summed E-state index contributed by atoms with van der Waals surface area (Å²) in [5.74, 6) is 1.25. The van der Waals surface area contributed by atoms with E-state index in [2.05, 4.69) is 4.98 Å². The number of carboxylic acid groups (broad SMARTS) is 1. The Labute approximate surface area is 168 Å². The molecule has 0 saturated heterocycles. The molecule has 4 rings (SSSR count). The summed E-state index contributed by atoms with van der Waals surface area (Å²) in [6.45, 7) is 0.480. The number of aromatic carboxylic acids is 1. The Kier molecular flexibility index (Phi) is 5.47. The molecule has 1 heterocycles. The molecule has 5 nitrogen and oxygen atoms in total. The number of carbonyl (C=O) groups is 1. The van der Waals surface area contributed by atoms with Gasteiger partial charge in [0.05, 0.1) is 6.61 Å². The van der Waals surface area contributed by atoms with Gasteiger partial charge in [0.15, 0.2) is 0 Å². The van der Waals surface area contributed by atoms with E-state index in [1.165, 1.54) is 0 Å². The molecule has 4 aromatic rings. The van der Waals surface area contributed by atoms with E-state index in [-0.39, 0.29) is 5.69 Å². The molecule has 3 aromatic carbocycles. The molecule has 0 spiro atoms. The fraction of sp³-hybridized carbons (Fsp3) is 0.125. The van der Waals surface area contributed by atoms with Crippen LogP contribution < -0.4 is 9.47 Å². The molecule has 0 aliphatic heterocycles. The van der Waals surface area contributed by atoms with E-state index in [4.69, 9.17) is 9.47 Å². The van der Waals surface area contributed by atoms with Gasteiger partial charge >= 0.3 is 5.97 Å². The van der Waals surface area contributed by atoms with Gasteiger partial charge in [-0.25, -0.2) is 4.79 Å². The number of ether oxygens (including phenoxy) is 2. The fourth-order valence-corrected chi connectivity index (χ4v) is 3.33. The van der Waals surface area contributed by atoms with Gasteiger partial charge in [0, 0.05) is 17.0 Å². The van der Waals surface area contributed by atoms with Gasteiger partial charge in [0.1, 0.15) is 22.9 Å². The SMILES string of the molecule is O=C(O)c1[nH]c2ccccc2c1CCCOc1cccc(Oc2ccccc2)c1.